The molecule has 4 nitrogen and oxygen atoms in total. The van der Waals surface area contributed by atoms with Gasteiger partial charge in [-0.3, -0.25) is 10.7 Å². The average Bonchev–Trinajstić information content (AvgIpc) is 2.71. The monoisotopic (exact) mass is 272 g/mol. The summed E-state index contributed by atoms with van der Waals surface area (Å²) < 4.78 is 18.9. The van der Waals surface area contributed by atoms with E-state index in [4.69, 9.17) is 28.0 Å². The van der Waals surface area contributed by atoms with Crippen molar-refractivity contribution in [2.75, 3.05) is 12.1 Å². The maximum absolute atomic E-state index is 13.4. The first-order chi connectivity index (χ1) is 8.17. The molecular formula is C10H6ClFN2O2S. The first-order valence-corrected chi connectivity index (χ1v) is 5.61. The van der Waals surface area contributed by atoms with Crippen molar-refractivity contribution in [3.63, 3.8) is 0 Å². The smallest absolute Gasteiger partial charge is 0.275 e. The number of rotatable bonds is 3. The van der Waals surface area contributed by atoms with E-state index in [1.807, 2.05) is 0 Å². The Balaban J connectivity index is 2.59. The molecule has 1 aromatic heterocycles. The second-order valence-electron chi connectivity index (χ2n) is 2.98. The van der Waals surface area contributed by atoms with Gasteiger partial charge >= 0.3 is 0 Å². The summed E-state index contributed by atoms with van der Waals surface area (Å²) in [6, 6.07) is 1.06. The minimum Gasteiger partial charge on any atom is -0.457 e. The average molecular weight is 273 g/mol. The predicted molar refractivity (Wildman–Crippen MR) is 64.3 cm³/mol. The van der Waals surface area contributed by atoms with Crippen molar-refractivity contribution in [3.8, 4) is 17.5 Å². The van der Waals surface area contributed by atoms with Crippen LogP contribution in [0.25, 0.3) is 10.2 Å². The van der Waals surface area contributed by atoms with Gasteiger partial charge in [-0.2, -0.15) is 0 Å². The van der Waals surface area contributed by atoms with Crippen LogP contribution in [0.4, 0.5) is 10.1 Å². The van der Waals surface area contributed by atoms with Crippen molar-refractivity contribution in [3.05, 3.63) is 16.9 Å². The molecule has 0 amide bonds. The van der Waals surface area contributed by atoms with Gasteiger partial charge in [0.05, 0.1) is 9.72 Å². The molecule has 2 N–H and O–H groups in total. The number of terminal acetylenes is 1. The molecule has 17 heavy (non-hydrogen) atoms. The zero-order valence-corrected chi connectivity index (χ0v) is 9.90. The second kappa shape index (κ2) is 4.75. The molecule has 0 aliphatic heterocycles. The molecule has 0 saturated heterocycles. The highest BCUT2D eigenvalue weighted by molar-refractivity contribution is 7.21. The Hall–Kier alpha value is -1.55. The summed E-state index contributed by atoms with van der Waals surface area (Å²) in [5, 5.41) is 9.27. The maximum atomic E-state index is 13.4. The lowest BCUT2D eigenvalue weighted by Crippen LogP contribution is -1.93. The predicted octanol–water partition coefficient (Wildman–Crippen LogP) is 2.90. The second-order valence-corrected chi connectivity index (χ2v) is 4.35. The number of hydrogen-bond donors (Lipinski definition) is 2. The van der Waals surface area contributed by atoms with Gasteiger partial charge in [0.25, 0.3) is 5.19 Å². The summed E-state index contributed by atoms with van der Waals surface area (Å²) in [7, 11) is 0. The molecule has 0 atom stereocenters. The number of halogens is 2. The van der Waals surface area contributed by atoms with Crippen LogP contribution >= 0.6 is 22.9 Å². The van der Waals surface area contributed by atoms with Gasteiger partial charge in [0.15, 0.2) is 12.4 Å². The third-order valence-corrected chi connectivity index (χ3v) is 3.22. The third-order valence-electron chi connectivity index (χ3n) is 1.94. The molecule has 2 aromatic rings. The molecule has 1 aromatic carbocycles. The van der Waals surface area contributed by atoms with Gasteiger partial charge in [0, 0.05) is 0 Å². The zero-order valence-electron chi connectivity index (χ0n) is 8.33. The van der Waals surface area contributed by atoms with Crippen molar-refractivity contribution in [2.24, 2.45) is 0 Å². The van der Waals surface area contributed by atoms with Crippen LogP contribution in [-0.4, -0.2) is 16.8 Å². The van der Waals surface area contributed by atoms with Gasteiger partial charge in [0.2, 0.25) is 0 Å². The molecular weight excluding hydrogens is 267 g/mol. The number of hydrogen-bond acceptors (Lipinski definition) is 5. The zero-order chi connectivity index (χ0) is 12.4. The van der Waals surface area contributed by atoms with E-state index < -0.39 is 5.82 Å². The lowest BCUT2D eigenvalue weighted by atomic mass is 10.3. The number of anilines is 1. The number of thiazole rings is 1. The molecule has 0 aliphatic rings. The van der Waals surface area contributed by atoms with Crippen LogP contribution in [0, 0.1) is 18.2 Å². The molecule has 0 fully saturated rings. The van der Waals surface area contributed by atoms with Crippen molar-refractivity contribution >= 4 is 38.8 Å². The Morgan fingerprint density at radius 1 is 1.71 bits per heavy atom. The van der Waals surface area contributed by atoms with E-state index in [1.54, 1.807) is 5.48 Å². The molecule has 7 heteroatoms. The van der Waals surface area contributed by atoms with Gasteiger partial charge in [-0.15, -0.1) is 6.42 Å². The highest BCUT2D eigenvalue weighted by Gasteiger charge is 2.16. The van der Waals surface area contributed by atoms with E-state index in [2.05, 4.69) is 10.9 Å². The summed E-state index contributed by atoms with van der Waals surface area (Å²) in [6.45, 7) is 0.0574. The van der Waals surface area contributed by atoms with Crippen molar-refractivity contribution in [1.82, 2.24) is 4.98 Å². The van der Waals surface area contributed by atoms with Crippen molar-refractivity contribution in [1.29, 1.82) is 0 Å². The van der Waals surface area contributed by atoms with Gasteiger partial charge in [-0.1, -0.05) is 28.9 Å². The first-order valence-electron chi connectivity index (χ1n) is 4.42. The van der Waals surface area contributed by atoms with E-state index in [1.165, 1.54) is 0 Å². The SMILES string of the molecule is C#CCOc1nc2c(Cl)cc(F)c(NO)c2s1. The molecule has 0 spiro atoms. The fraction of sp³-hybridized carbons (Fsp3) is 0.100. The van der Waals surface area contributed by atoms with Gasteiger partial charge < -0.3 is 4.74 Å². The lowest BCUT2D eigenvalue weighted by Gasteiger charge is -2.02. The third kappa shape index (κ3) is 2.13. The molecule has 0 aliphatic carbocycles. The summed E-state index contributed by atoms with van der Waals surface area (Å²) in [5.74, 6) is 1.62. The van der Waals surface area contributed by atoms with Crippen LogP contribution in [0.15, 0.2) is 6.07 Å². The minimum absolute atomic E-state index is 0.0574. The molecule has 0 bridgehead atoms. The quantitative estimate of drug-likeness (QED) is 0.666. The number of aromatic nitrogens is 1. The van der Waals surface area contributed by atoms with Crippen LogP contribution in [0.2, 0.25) is 5.02 Å². The van der Waals surface area contributed by atoms with Gasteiger partial charge in [-0.05, 0) is 6.07 Å². The van der Waals surface area contributed by atoms with Crippen LogP contribution in [0.3, 0.4) is 0 Å². The number of nitrogens with one attached hydrogen (secondary N) is 1. The largest absolute Gasteiger partial charge is 0.457 e. The summed E-state index contributed by atoms with van der Waals surface area (Å²) >= 11 is 6.88. The van der Waals surface area contributed by atoms with Gasteiger partial charge in [-0.25, -0.2) is 9.37 Å². The Kier molecular flexibility index (Phi) is 3.33. The topological polar surface area (TPSA) is 54.4 Å². The maximum Gasteiger partial charge on any atom is 0.275 e. The van der Waals surface area contributed by atoms with E-state index in [0.29, 0.717) is 10.2 Å². The summed E-state index contributed by atoms with van der Waals surface area (Å²) in [5.41, 5.74) is 2.04. The standard InChI is InChI=1S/C10H6ClFN2O2S/c1-2-3-16-10-13-7-5(11)4-6(12)8(14-15)9(7)17-10/h1,4,14-15H,3H2. The Morgan fingerprint density at radius 2 is 2.47 bits per heavy atom. The molecule has 0 unspecified atom stereocenters. The number of ether oxygens (including phenoxy) is 1. The highest BCUT2D eigenvalue weighted by atomic mass is 35.5. The summed E-state index contributed by atoms with van der Waals surface area (Å²) in [6.07, 6.45) is 5.04. The molecule has 0 radical (unpaired) electrons. The van der Waals surface area contributed by atoms with Crippen LogP contribution in [-0.2, 0) is 0 Å². The van der Waals surface area contributed by atoms with E-state index in [-0.39, 0.29) is 22.5 Å². The van der Waals surface area contributed by atoms with Crippen LogP contribution in [0.1, 0.15) is 0 Å². The molecule has 88 valence electrons. The Labute approximate surface area is 105 Å². The molecule has 2 rings (SSSR count). The highest BCUT2D eigenvalue weighted by Crippen LogP contribution is 2.38. The lowest BCUT2D eigenvalue weighted by molar-refractivity contribution is 0.369. The Morgan fingerprint density at radius 3 is 3.12 bits per heavy atom. The normalized spacial score (nSPS) is 10.2. The fourth-order valence-corrected chi connectivity index (χ4v) is 2.48. The Bertz CT molecular complexity index is 608. The van der Waals surface area contributed by atoms with Crippen molar-refractivity contribution < 1.29 is 14.3 Å². The fourth-order valence-electron chi connectivity index (χ4n) is 1.26. The molecule has 1 heterocycles. The van der Waals surface area contributed by atoms with Crippen molar-refractivity contribution in [2.45, 2.75) is 0 Å². The minimum atomic E-state index is -0.669. The summed E-state index contributed by atoms with van der Waals surface area (Å²) in [4.78, 5) is 4.05. The number of fused-ring (bicyclic) bond motifs is 1. The first kappa shape index (κ1) is 11.9. The van der Waals surface area contributed by atoms with E-state index in [0.717, 1.165) is 17.4 Å². The van der Waals surface area contributed by atoms with Crippen LogP contribution in [0.5, 0.6) is 5.19 Å². The van der Waals surface area contributed by atoms with E-state index >= 15 is 0 Å². The number of benzene rings is 1. The van der Waals surface area contributed by atoms with E-state index in [9.17, 15) is 4.39 Å². The van der Waals surface area contributed by atoms with Crippen LogP contribution < -0.4 is 10.2 Å². The van der Waals surface area contributed by atoms with Gasteiger partial charge in [0.1, 0.15) is 11.2 Å². The molecule has 0 saturated carbocycles. The number of nitrogens with zero attached hydrogens (tertiary/aromatic N) is 1.